The number of rotatable bonds is 7. The maximum atomic E-state index is 12.3. The first-order valence-electron chi connectivity index (χ1n) is 9.04. The van der Waals surface area contributed by atoms with Crippen LogP contribution in [0.4, 0.5) is 11.4 Å². The van der Waals surface area contributed by atoms with Gasteiger partial charge in [-0.15, -0.1) is 0 Å². The summed E-state index contributed by atoms with van der Waals surface area (Å²) in [7, 11) is -6.72. The van der Waals surface area contributed by atoms with Crippen LogP contribution in [-0.2, 0) is 25.2 Å². The summed E-state index contributed by atoms with van der Waals surface area (Å²) in [5.41, 5.74) is 0.834. The molecule has 1 fully saturated rings. The molecule has 1 aliphatic heterocycles. The van der Waals surface area contributed by atoms with Crippen LogP contribution in [0.3, 0.4) is 0 Å². The number of hydrogen-bond acceptors (Lipinski definition) is 7. The van der Waals surface area contributed by atoms with Crippen LogP contribution >= 0.6 is 0 Å². The number of aromatic nitrogens is 1. The van der Waals surface area contributed by atoms with Crippen molar-refractivity contribution in [1.82, 2.24) is 9.71 Å². The van der Waals surface area contributed by atoms with Gasteiger partial charge < -0.3 is 4.74 Å². The summed E-state index contributed by atoms with van der Waals surface area (Å²) in [6.07, 6.45) is 1.96. The van der Waals surface area contributed by atoms with Crippen molar-refractivity contribution in [2.24, 2.45) is 11.1 Å². The lowest BCUT2D eigenvalue weighted by Gasteiger charge is -2.23. The lowest BCUT2D eigenvalue weighted by atomic mass is 10.1. The molecule has 1 aromatic heterocycles. The van der Waals surface area contributed by atoms with E-state index in [2.05, 4.69) is 4.98 Å². The van der Waals surface area contributed by atoms with Crippen molar-refractivity contribution in [3.8, 4) is 5.75 Å². The number of hydrogen-bond donors (Lipinski definition) is 2. The number of benzene rings is 1. The summed E-state index contributed by atoms with van der Waals surface area (Å²) in [6, 6.07) is 4.54. The number of amides is 1. The smallest absolute Gasteiger partial charge is 0.326 e. The molecule has 0 atom stereocenters. The van der Waals surface area contributed by atoms with E-state index in [9.17, 15) is 21.6 Å². The minimum Gasteiger partial charge on any atom is -0.494 e. The first kappa shape index (κ1) is 22.1. The van der Waals surface area contributed by atoms with Gasteiger partial charge in [0.2, 0.25) is 0 Å². The van der Waals surface area contributed by atoms with Gasteiger partial charge in [-0.2, -0.15) is 16.8 Å². The Balaban J connectivity index is 2.12. The molecule has 0 bridgehead atoms. The SMILES string of the molecule is COc1cc2ncc(N(CCC(C)C)S(N)(=O)=O)cc2cc1N1CC(=O)NS1(=O)=O. The van der Waals surface area contributed by atoms with Gasteiger partial charge in [-0.1, -0.05) is 13.8 Å². The maximum Gasteiger partial charge on any atom is 0.326 e. The van der Waals surface area contributed by atoms with Gasteiger partial charge in [0.05, 0.1) is 30.2 Å². The fourth-order valence-corrected chi connectivity index (χ4v) is 4.97. The number of ether oxygens (including phenoxy) is 1. The van der Waals surface area contributed by atoms with E-state index in [1.165, 1.54) is 25.4 Å². The Morgan fingerprint density at radius 3 is 2.57 bits per heavy atom. The molecule has 0 spiro atoms. The lowest BCUT2D eigenvalue weighted by Crippen LogP contribution is -2.38. The van der Waals surface area contributed by atoms with E-state index in [1.54, 1.807) is 6.07 Å². The molecule has 11 nitrogen and oxygen atoms in total. The number of carbonyl (C=O) groups is 1. The number of carbonyl (C=O) groups excluding carboxylic acids is 1. The Labute approximate surface area is 175 Å². The summed E-state index contributed by atoms with van der Waals surface area (Å²) >= 11 is 0. The second-order valence-corrected chi connectivity index (χ2v) is 10.3. The molecular weight excluding hydrogens is 434 g/mol. The third kappa shape index (κ3) is 4.42. The number of nitrogens with zero attached hydrogens (tertiary/aromatic N) is 3. The van der Waals surface area contributed by atoms with E-state index in [1.807, 2.05) is 18.6 Å². The average Bonchev–Trinajstić information content (AvgIpc) is 2.91. The van der Waals surface area contributed by atoms with Crippen molar-refractivity contribution in [2.75, 3.05) is 28.8 Å². The second kappa shape index (κ2) is 7.89. The van der Waals surface area contributed by atoms with Gasteiger partial charge in [0.1, 0.15) is 12.3 Å². The third-order valence-corrected chi connectivity index (χ3v) is 6.96. The van der Waals surface area contributed by atoms with Gasteiger partial charge in [0.25, 0.3) is 16.1 Å². The van der Waals surface area contributed by atoms with Crippen molar-refractivity contribution in [2.45, 2.75) is 20.3 Å². The molecular formula is C17H23N5O6S2. The predicted molar refractivity (Wildman–Crippen MR) is 113 cm³/mol. The summed E-state index contributed by atoms with van der Waals surface area (Å²) in [5, 5.41) is 5.84. The average molecular weight is 458 g/mol. The Hall–Kier alpha value is -2.64. The van der Waals surface area contributed by atoms with Gasteiger partial charge in [-0.25, -0.2) is 14.2 Å². The molecule has 3 rings (SSSR count). The summed E-state index contributed by atoms with van der Waals surface area (Å²) in [4.78, 5) is 15.9. The van der Waals surface area contributed by atoms with E-state index < -0.39 is 32.9 Å². The van der Waals surface area contributed by atoms with E-state index in [4.69, 9.17) is 9.88 Å². The molecule has 3 N–H and O–H groups in total. The van der Waals surface area contributed by atoms with E-state index >= 15 is 0 Å². The van der Waals surface area contributed by atoms with Crippen molar-refractivity contribution in [3.63, 3.8) is 0 Å². The molecule has 164 valence electrons. The Kier molecular flexibility index (Phi) is 5.80. The fraction of sp³-hybridized carbons (Fsp3) is 0.412. The molecule has 1 amide bonds. The van der Waals surface area contributed by atoms with Crippen molar-refractivity contribution >= 4 is 48.6 Å². The van der Waals surface area contributed by atoms with Gasteiger partial charge in [0.15, 0.2) is 0 Å². The zero-order valence-corrected chi connectivity index (χ0v) is 18.3. The quantitative estimate of drug-likeness (QED) is 0.613. The van der Waals surface area contributed by atoms with Crippen LogP contribution in [0.1, 0.15) is 20.3 Å². The maximum absolute atomic E-state index is 12.3. The number of anilines is 2. The highest BCUT2D eigenvalue weighted by Gasteiger charge is 2.36. The minimum absolute atomic E-state index is 0.131. The Bertz CT molecular complexity index is 1200. The van der Waals surface area contributed by atoms with Crippen LogP contribution in [0.25, 0.3) is 10.9 Å². The standard InChI is InChI=1S/C17H23N5O6S2/c1-11(2)4-5-21(29(18,24)25)13-6-12-7-15(16(28-3)8-14(12)19-9-13)22-10-17(23)20-30(22,26)27/h6-9,11H,4-5,10H2,1-3H3,(H,20,23)(H2,18,24,25). The zero-order chi connectivity index (χ0) is 22.3. The first-order chi connectivity index (χ1) is 13.9. The van der Waals surface area contributed by atoms with Gasteiger partial charge in [0, 0.05) is 18.0 Å². The Morgan fingerprint density at radius 1 is 1.33 bits per heavy atom. The summed E-state index contributed by atoms with van der Waals surface area (Å²) in [5.74, 6) is -0.215. The monoisotopic (exact) mass is 457 g/mol. The van der Waals surface area contributed by atoms with Crippen LogP contribution < -0.4 is 23.2 Å². The number of nitrogens with one attached hydrogen (secondary N) is 1. The molecule has 0 radical (unpaired) electrons. The Morgan fingerprint density at radius 2 is 2.03 bits per heavy atom. The summed E-state index contributed by atoms with van der Waals surface area (Å²) in [6.45, 7) is 3.70. The van der Waals surface area contributed by atoms with Gasteiger partial charge >= 0.3 is 10.2 Å². The second-order valence-electron chi connectivity index (χ2n) is 7.25. The van der Waals surface area contributed by atoms with Crippen LogP contribution in [0.2, 0.25) is 0 Å². The molecule has 0 unspecified atom stereocenters. The van der Waals surface area contributed by atoms with Crippen LogP contribution in [0.5, 0.6) is 5.75 Å². The molecule has 1 aliphatic rings. The van der Waals surface area contributed by atoms with Crippen molar-refractivity contribution in [3.05, 3.63) is 24.4 Å². The van der Waals surface area contributed by atoms with Crippen LogP contribution in [-0.4, -0.2) is 47.9 Å². The molecule has 2 heterocycles. The molecule has 1 aromatic carbocycles. The normalized spacial score (nSPS) is 16.2. The topological polar surface area (TPSA) is 152 Å². The number of nitrogens with two attached hydrogens (primary N) is 1. The predicted octanol–water partition coefficient (Wildman–Crippen LogP) is 0.480. The van der Waals surface area contributed by atoms with E-state index in [0.29, 0.717) is 17.3 Å². The molecule has 2 aromatic rings. The minimum atomic E-state index is -4.05. The fourth-order valence-electron chi connectivity index (χ4n) is 3.07. The number of methoxy groups -OCH3 is 1. The first-order valence-corrected chi connectivity index (χ1v) is 12.0. The molecule has 13 heteroatoms. The van der Waals surface area contributed by atoms with Crippen LogP contribution in [0.15, 0.2) is 24.4 Å². The van der Waals surface area contributed by atoms with Crippen molar-refractivity contribution in [1.29, 1.82) is 0 Å². The van der Waals surface area contributed by atoms with Crippen LogP contribution in [0, 0.1) is 5.92 Å². The van der Waals surface area contributed by atoms with E-state index in [-0.39, 0.29) is 29.6 Å². The molecule has 0 saturated carbocycles. The van der Waals surface area contributed by atoms with Crippen molar-refractivity contribution < 1.29 is 26.4 Å². The largest absolute Gasteiger partial charge is 0.494 e. The third-order valence-electron chi connectivity index (χ3n) is 4.56. The van der Waals surface area contributed by atoms with Gasteiger partial charge in [-0.3, -0.25) is 14.1 Å². The molecule has 30 heavy (non-hydrogen) atoms. The summed E-state index contributed by atoms with van der Waals surface area (Å²) < 4.78 is 57.8. The number of pyridine rings is 1. The molecule has 0 aliphatic carbocycles. The molecule has 1 saturated heterocycles. The number of fused-ring (bicyclic) bond motifs is 1. The highest BCUT2D eigenvalue weighted by molar-refractivity contribution is 7.92. The highest BCUT2D eigenvalue weighted by Crippen LogP contribution is 2.36. The lowest BCUT2D eigenvalue weighted by molar-refractivity contribution is -0.117. The van der Waals surface area contributed by atoms with E-state index in [0.717, 1.165) is 8.61 Å². The van der Waals surface area contributed by atoms with Gasteiger partial charge in [-0.05, 0) is 24.5 Å². The zero-order valence-electron chi connectivity index (χ0n) is 16.7. The highest BCUT2D eigenvalue weighted by atomic mass is 32.2.